The summed E-state index contributed by atoms with van der Waals surface area (Å²) < 4.78 is 0. The Hall–Kier alpha value is -1.37. The molecule has 0 bridgehead atoms. The fourth-order valence-electron chi connectivity index (χ4n) is 1.96. The van der Waals surface area contributed by atoms with Gasteiger partial charge in [0.25, 0.3) is 0 Å². The molecule has 17 heavy (non-hydrogen) atoms. The first-order valence-electron chi connectivity index (χ1n) is 6.07. The van der Waals surface area contributed by atoms with E-state index in [2.05, 4.69) is 56.3 Å². The first-order chi connectivity index (χ1) is 7.98. The molecule has 0 fully saturated rings. The molecule has 0 atom stereocenters. The van der Waals surface area contributed by atoms with Gasteiger partial charge in [-0.15, -0.1) is 0 Å². The number of allylic oxidation sites excluding steroid dienone is 4. The van der Waals surface area contributed by atoms with Gasteiger partial charge in [0.15, 0.2) is 0 Å². The van der Waals surface area contributed by atoms with Crippen LogP contribution in [0.25, 0.3) is 5.57 Å². The van der Waals surface area contributed by atoms with Gasteiger partial charge < -0.3 is 0 Å². The molecule has 1 aliphatic rings. The predicted molar refractivity (Wildman–Crippen MR) is 77.5 cm³/mol. The molecule has 2 rings (SSSR count). The van der Waals surface area contributed by atoms with E-state index < -0.39 is 0 Å². The van der Waals surface area contributed by atoms with Gasteiger partial charge in [-0.1, -0.05) is 0 Å². The summed E-state index contributed by atoms with van der Waals surface area (Å²) in [6.07, 6.45) is 7.92. The molecule has 0 saturated carbocycles. The van der Waals surface area contributed by atoms with E-state index in [1.807, 2.05) is 6.92 Å². The summed E-state index contributed by atoms with van der Waals surface area (Å²) in [6.45, 7) is 6.44. The molecule has 1 radical (unpaired) electrons. The molecular formula is C16H18B. The molecule has 0 N–H and O–H groups in total. The van der Waals surface area contributed by atoms with Crippen LogP contribution in [0, 0.1) is 5.41 Å². The molecule has 0 spiro atoms. The summed E-state index contributed by atoms with van der Waals surface area (Å²) in [5.41, 5.74) is 4.85. The molecule has 0 amide bonds. The molecule has 1 aliphatic carbocycles. The van der Waals surface area contributed by atoms with Crippen molar-refractivity contribution in [3.63, 3.8) is 0 Å². The van der Waals surface area contributed by atoms with Gasteiger partial charge in [0.1, 0.15) is 0 Å². The molecule has 1 aromatic rings. The Morgan fingerprint density at radius 3 is 2.29 bits per heavy atom. The molecular weight excluding hydrogens is 203 g/mol. The minimum atomic E-state index is 0.297. The van der Waals surface area contributed by atoms with Crippen LogP contribution < -0.4 is 0 Å². The van der Waals surface area contributed by atoms with Gasteiger partial charge in [-0.25, -0.2) is 0 Å². The van der Waals surface area contributed by atoms with Crippen molar-refractivity contribution < 1.29 is 0 Å². The van der Waals surface area contributed by atoms with Crippen LogP contribution in [0.5, 0.6) is 0 Å². The quantitative estimate of drug-likeness (QED) is 0.667. The van der Waals surface area contributed by atoms with Gasteiger partial charge in [-0.3, -0.25) is 0 Å². The van der Waals surface area contributed by atoms with Crippen molar-refractivity contribution in [2.75, 3.05) is 0 Å². The van der Waals surface area contributed by atoms with Crippen LogP contribution in [0.2, 0.25) is 0 Å². The van der Waals surface area contributed by atoms with E-state index in [9.17, 15) is 0 Å². The van der Waals surface area contributed by atoms with Crippen molar-refractivity contribution >= 4 is 18.5 Å². The molecule has 0 unspecified atom stereocenters. The fraction of sp³-hybridized carbons (Fsp3) is 0.312. The van der Waals surface area contributed by atoms with Gasteiger partial charge in [-0.2, -0.15) is 0 Å². The van der Waals surface area contributed by atoms with Crippen molar-refractivity contribution in [3.8, 4) is 0 Å². The number of hydrogen-bond acceptors (Lipinski definition) is 0. The monoisotopic (exact) mass is 221 g/mol. The van der Waals surface area contributed by atoms with Crippen LogP contribution >= 0.6 is 0 Å². The van der Waals surface area contributed by atoms with Crippen molar-refractivity contribution in [3.05, 3.63) is 53.6 Å². The maximum absolute atomic E-state index is 5.77. The summed E-state index contributed by atoms with van der Waals surface area (Å²) in [5, 5.41) is 0. The average Bonchev–Trinajstić information content (AvgIpc) is 2.29. The van der Waals surface area contributed by atoms with Crippen LogP contribution in [-0.2, 0) is 0 Å². The van der Waals surface area contributed by atoms with Gasteiger partial charge in [0, 0.05) is 0 Å². The maximum atomic E-state index is 5.77. The zero-order chi connectivity index (χ0) is 12.5. The molecule has 0 aromatic heterocycles. The van der Waals surface area contributed by atoms with E-state index in [0.29, 0.717) is 5.41 Å². The second-order valence-electron chi connectivity index (χ2n) is 5.45. The molecule has 0 saturated heterocycles. The fourth-order valence-corrected chi connectivity index (χ4v) is 1.96. The average molecular weight is 221 g/mol. The van der Waals surface area contributed by atoms with Crippen molar-refractivity contribution in [2.45, 2.75) is 27.2 Å². The molecule has 85 valence electrons. The Bertz CT molecular complexity index is 487. The normalized spacial score (nSPS) is 17.6. The van der Waals surface area contributed by atoms with Crippen LogP contribution in [-0.4, -0.2) is 13.0 Å². The summed E-state index contributed by atoms with van der Waals surface area (Å²) in [5.74, 6) is 0. The summed E-state index contributed by atoms with van der Waals surface area (Å²) in [4.78, 5) is 0. The Morgan fingerprint density at radius 2 is 1.82 bits per heavy atom. The van der Waals surface area contributed by atoms with Crippen LogP contribution in [0.15, 0.2) is 42.5 Å². The third-order valence-corrected chi connectivity index (χ3v) is 3.24. The Kier molecular flexibility index (Phi) is 3.19. The van der Waals surface area contributed by atoms with Crippen molar-refractivity contribution in [1.29, 1.82) is 0 Å². The Labute approximate surface area is 105 Å². The first-order valence-corrected chi connectivity index (χ1v) is 6.07. The van der Waals surface area contributed by atoms with Gasteiger partial charge >= 0.3 is 105 Å². The summed E-state index contributed by atoms with van der Waals surface area (Å²) in [7, 11) is 5.77. The van der Waals surface area contributed by atoms with Gasteiger partial charge in [0.2, 0.25) is 0 Å². The minimum absolute atomic E-state index is 0.297. The van der Waals surface area contributed by atoms with E-state index in [1.165, 1.54) is 11.1 Å². The van der Waals surface area contributed by atoms with Crippen LogP contribution in [0.3, 0.4) is 0 Å². The number of rotatable bonds is 2. The zero-order valence-corrected chi connectivity index (χ0v) is 10.8. The van der Waals surface area contributed by atoms with E-state index >= 15 is 0 Å². The molecule has 1 aromatic carbocycles. The second kappa shape index (κ2) is 4.48. The topological polar surface area (TPSA) is 0 Å². The van der Waals surface area contributed by atoms with E-state index in [-0.39, 0.29) is 0 Å². The molecule has 1 heteroatoms. The van der Waals surface area contributed by atoms with Crippen LogP contribution in [0.4, 0.5) is 0 Å². The SMILES string of the molecule is [B]=C(C)c1ccc(C2=CCC(C)(C)C=C2)cc1. The summed E-state index contributed by atoms with van der Waals surface area (Å²) in [6, 6.07) is 8.44. The van der Waals surface area contributed by atoms with Crippen molar-refractivity contribution in [1.82, 2.24) is 0 Å². The van der Waals surface area contributed by atoms with E-state index in [0.717, 1.165) is 17.4 Å². The van der Waals surface area contributed by atoms with Crippen molar-refractivity contribution in [2.24, 2.45) is 5.41 Å². The van der Waals surface area contributed by atoms with E-state index in [4.69, 9.17) is 7.49 Å². The molecule has 0 nitrogen and oxygen atoms in total. The van der Waals surface area contributed by atoms with Gasteiger partial charge in [0.05, 0.1) is 0 Å². The van der Waals surface area contributed by atoms with E-state index in [1.54, 1.807) is 0 Å². The number of benzene rings is 1. The standard InChI is InChI=1S/C16H18B/c1-12(17)13-4-6-14(7-5-13)15-8-10-16(2,3)11-9-15/h4-10H,11H2,1-3H3. The third-order valence-electron chi connectivity index (χ3n) is 3.24. The Morgan fingerprint density at radius 1 is 1.18 bits per heavy atom. The molecule has 0 heterocycles. The molecule has 0 aliphatic heterocycles. The van der Waals surface area contributed by atoms with Crippen LogP contribution in [0.1, 0.15) is 38.3 Å². The summed E-state index contributed by atoms with van der Waals surface area (Å²) >= 11 is 0. The third kappa shape index (κ3) is 2.85. The first kappa shape index (κ1) is 12.1. The van der Waals surface area contributed by atoms with Gasteiger partial charge in [-0.05, 0) is 0 Å². The zero-order valence-electron chi connectivity index (χ0n) is 10.8. The Balaban J connectivity index is 2.23. The number of hydrogen-bond donors (Lipinski definition) is 0. The predicted octanol–water partition coefficient (Wildman–Crippen LogP) is 3.77. The second-order valence-corrected chi connectivity index (χ2v) is 5.45.